The molecule has 1 atom stereocenters. The third kappa shape index (κ3) is 2.42. The Morgan fingerprint density at radius 3 is 2.82 bits per heavy atom. The number of rotatable bonds is 4. The van der Waals surface area contributed by atoms with Gasteiger partial charge in [0.15, 0.2) is 0 Å². The molecule has 17 heavy (non-hydrogen) atoms. The summed E-state index contributed by atoms with van der Waals surface area (Å²) < 4.78 is 3.23. The zero-order chi connectivity index (χ0) is 12.3. The van der Waals surface area contributed by atoms with E-state index in [0.29, 0.717) is 12.6 Å². The lowest BCUT2D eigenvalue weighted by Crippen LogP contribution is -2.18. The first-order valence-corrected chi connectivity index (χ1v) is 6.54. The van der Waals surface area contributed by atoms with Crippen LogP contribution in [-0.4, -0.2) is 16.1 Å². The lowest BCUT2D eigenvalue weighted by Gasteiger charge is -2.18. The summed E-state index contributed by atoms with van der Waals surface area (Å²) in [6.07, 6.45) is 4.75. The number of benzene rings is 1. The van der Waals surface area contributed by atoms with Crippen molar-refractivity contribution < 1.29 is 0 Å². The molecule has 0 saturated carbocycles. The Morgan fingerprint density at radius 2 is 2.18 bits per heavy atom. The van der Waals surface area contributed by atoms with E-state index in [1.54, 1.807) is 0 Å². The van der Waals surface area contributed by atoms with Crippen LogP contribution in [0.2, 0.25) is 0 Å². The van der Waals surface area contributed by atoms with Gasteiger partial charge in [-0.2, -0.15) is 0 Å². The molecule has 4 heteroatoms. The summed E-state index contributed by atoms with van der Waals surface area (Å²) in [5, 5.41) is 0. The molecule has 2 rings (SSSR count). The van der Waals surface area contributed by atoms with E-state index in [9.17, 15) is 0 Å². The number of aromatic nitrogens is 2. The Bertz CT molecular complexity index is 489. The molecule has 0 amide bonds. The van der Waals surface area contributed by atoms with Crippen LogP contribution in [0.4, 0.5) is 0 Å². The zero-order valence-corrected chi connectivity index (χ0v) is 11.4. The van der Waals surface area contributed by atoms with Crippen molar-refractivity contribution in [3.05, 3.63) is 41.3 Å². The number of halogens is 1. The first kappa shape index (κ1) is 12.3. The van der Waals surface area contributed by atoms with Gasteiger partial charge in [-0.15, -0.1) is 0 Å². The van der Waals surface area contributed by atoms with Crippen molar-refractivity contribution in [2.45, 2.75) is 19.4 Å². The van der Waals surface area contributed by atoms with Crippen molar-refractivity contribution in [2.75, 3.05) is 6.54 Å². The molecule has 3 nitrogen and oxygen atoms in total. The topological polar surface area (TPSA) is 43.8 Å². The maximum atomic E-state index is 5.80. The van der Waals surface area contributed by atoms with E-state index in [0.717, 1.165) is 22.2 Å². The summed E-state index contributed by atoms with van der Waals surface area (Å²) in [6, 6.07) is 8.46. The number of imidazole rings is 1. The summed E-state index contributed by atoms with van der Waals surface area (Å²) in [4.78, 5) is 4.24. The monoisotopic (exact) mass is 293 g/mol. The minimum Gasteiger partial charge on any atom is -0.328 e. The van der Waals surface area contributed by atoms with Crippen molar-refractivity contribution in [2.24, 2.45) is 5.73 Å². The van der Waals surface area contributed by atoms with E-state index in [1.165, 1.54) is 0 Å². The molecule has 0 saturated heterocycles. The molecule has 1 unspecified atom stereocenters. The third-order valence-electron chi connectivity index (χ3n) is 2.95. The van der Waals surface area contributed by atoms with E-state index in [1.807, 2.05) is 30.7 Å². The number of hydrogen-bond acceptors (Lipinski definition) is 2. The predicted molar refractivity (Wildman–Crippen MR) is 73.7 cm³/mol. The van der Waals surface area contributed by atoms with Gasteiger partial charge in [0, 0.05) is 22.6 Å². The summed E-state index contributed by atoms with van der Waals surface area (Å²) in [5.41, 5.74) is 8.06. The Kier molecular flexibility index (Phi) is 3.97. The molecule has 1 aromatic carbocycles. The van der Waals surface area contributed by atoms with Crippen LogP contribution < -0.4 is 5.73 Å². The fraction of sp³-hybridized carbons (Fsp3) is 0.308. The van der Waals surface area contributed by atoms with Crippen LogP contribution in [0, 0.1) is 0 Å². The molecule has 0 radical (unpaired) electrons. The van der Waals surface area contributed by atoms with Crippen molar-refractivity contribution in [1.82, 2.24) is 9.55 Å². The lowest BCUT2D eigenvalue weighted by atomic mass is 10.1. The van der Waals surface area contributed by atoms with Crippen LogP contribution in [0.3, 0.4) is 0 Å². The minimum atomic E-state index is 0.305. The van der Waals surface area contributed by atoms with E-state index in [2.05, 4.69) is 38.5 Å². The van der Waals surface area contributed by atoms with Gasteiger partial charge in [0.2, 0.25) is 0 Å². The standard InChI is InChI=1S/C13H16BrN3/c1-2-10(7-15)17-9-16-8-13(17)11-5-3-4-6-12(11)14/h3-6,8-10H,2,7,15H2,1H3. The van der Waals surface area contributed by atoms with Crippen LogP contribution in [0.1, 0.15) is 19.4 Å². The molecular weight excluding hydrogens is 278 g/mol. The van der Waals surface area contributed by atoms with Gasteiger partial charge in [-0.25, -0.2) is 4.98 Å². The van der Waals surface area contributed by atoms with Gasteiger partial charge in [0.05, 0.1) is 18.2 Å². The van der Waals surface area contributed by atoms with Crippen LogP contribution >= 0.6 is 15.9 Å². The second-order valence-corrected chi connectivity index (χ2v) is 4.82. The van der Waals surface area contributed by atoms with Crippen molar-refractivity contribution in [3.63, 3.8) is 0 Å². The van der Waals surface area contributed by atoms with E-state index >= 15 is 0 Å². The summed E-state index contributed by atoms with van der Waals surface area (Å²) in [7, 11) is 0. The van der Waals surface area contributed by atoms with Gasteiger partial charge in [0.1, 0.15) is 0 Å². The first-order valence-electron chi connectivity index (χ1n) is 5.74. The molecular formula is C13H16BrN3. The molecule has 0 aliphatic carbocycles. The van der Waals surface area contributed by atoms with Gasteiger partial charge >= 0.3 is 0 Å². The highest BCUT2D eigenvalue weighted by Crippen LogP contribution is 2.29. The van der Waals surface area contributed by atoms with Crippen LogP contribution in [-0.2, 0) is 0 Å². The highest BCUT2D eigenvalue weighted by atomic mass is 79.9. The molecule has 0 bridgehead atoms. The first-order chi connectivity index (χ1) is 8.27. The van der Waals surface area contributed by atoms with Gasteiger partial charge in [-0.05, 0) is 12.5 Å². The molecule has 2 aromatic rings. The molecule has 2 N–H and O–H groups in total. The number of hydrogen-bond donors (Lipinski definition) is 1. The average molecular weight is 294 g/mol. The molecule has 0 aliphatic rings. The van der Waals surface area contributed by atoms with Crippen LogP contribution in [0.25, 0.3) is 11.3 Å². The molecule has 0 aliphatic heterocycles. The Labute approximate surface area is 110 Å². The van der Waals surface area contributed by atoms with Gasteiger partial charge in [0.25, 0.3) is 0 Å². The van der Waals surface area contributed by atoms with Gasteiger partial charge in [-0.3, -0.25) is 0 Å². The maximum Gasteiger partial charge on any atom is 0.0954 e. The van der Waals surface area contributed by atoms with Gasteiger partial charge < -0.3 is 10.3 Å². The summed E-state index contributed by atoms with van der Waals surface area (Å²) in [6.45, 7) is 2.77. The van der Waals surface area contributed by atoms with Gasteiger partial charge in [-0.1, -0.05) is 41.1 Å². The molecule has 1 aromatic heterocycles. The van der Waals surface area contributed by atoms with Crippen LogP contribution in [0.15, 0.2) is 41.3 Å². The second kappa shape index (κ2) is 5.47. The summed E-state index contributed by atoms with van der Waals surface area (Å²) in [5.74, 6) is 0. The van der Waals surface area contributed by atoms with E-state index in [-0.39, 0.29) is 0 Å². The zero-order valence-electron chi connectivity index (χ0n) is 9.81. The Hall–Kier alpha value is -1.13. The fourth-order valence-electron chi connectivity index (χ4n) is 1.95. The average Bonchev–Trinajstić information content (AvgIpc) is 2.80. The predicted octanol–water partition coefficient (Wildman–Crippen LogP) is 3.22. The normalized spacial score (nSPS) is 12.6. The maximum absolute atomic E-state index is 5.80. The molecule has 0 spiro atoms. The lowest BCUT2D eigenvalue weighted by molar-refractivity contribution is 0.500. The fourth-order valence-corrected chi connectivity index (χ4v) is 2.44. The quantitative estimate of drug-likeness (QED) is 0.941. The van der Waals surface area contributed by atoms with E-state index < -0.39 is 0 Å². The molecule has 90 valence electrons. The highest BCUT2D eigenvalue weighted by molar-refractivity contribution is 9.10. The molecule has 0 fully saturated rings. The summed E-state index contributed by atoms with van der Waals surface area (Å²) >= 11 is 3.57. The smallest absolute Gasteiger partial charge is 0.0954 e. The van der Waals surface area contributed by atoms with Crippen molar-refractivity contribution >= 4 is 15.9 Å². The Balaban J connectivity index is 2.47. The number of nitrogens with zero attached hydrogens (tertiary/aromatic N) is 2. The van der Waals surface area contributed by atoms with E-state index in [4.69, 9.17) is 5.73 Å². The minimum absolute atomic E-state index is 0.305. The highest BCUT2D eigenvalue weighted by Gasteiger charge is 2.13. The van der Waals surface area contributed by atoms with Crippen LogP contribution in [0.5, 0.6) is 0 Å². The van der Waals surface area contributed by atoms with Crippen molar-refractivity contribution in [1.29, 1.82) is 0 Å². The van der Waals surface area contributed by atoms with Crippen molar-refractivity contribution in [3.8, 4) is 11.3 Å². The SMILES string of the molecule is CCC(CN)n1cncc1-c1ccccc1Br. The Morgan fingerprint density at radius 1 is 1.41 bits per heavy atom. The second-order valence-electron chi connectivity index (χ2n) is 3.96. The molecule has 1 heterocycles. The largest absolute Gasteiger partial charge is 0.328 e. The number of nitrogens with two attached hydrogens (primary N) is 1. The third-order valence-corrected chi connectivity index (χ3v) is 3.64.